The smallest absolute Gasteiger partial charge is 0.163 e. The molecule has 0 atom stereocenters. The Labute approximate surface area is 106 Å². The van der Waals surface area contributed by atoms with Gasteiger partial charge in [-0.2, -0.15) is 0 Å². The van der Waals surface area contributed by atoms with Crippen LogP contribution in [0.4, 0.5) is 0 Å². The Morgan fingerprint density at radius 1 is 1.12 bits per heavy atom. The van der Waals surface area contributed by atoms with E-state index < -0.39 is 0 Å². The van der Waals surface area contributed by atoms with Crippen LogP contribution in [0, 0.1) is 0 Å². The molecule has 0 aromatic heterocycles. The molecule has 2 heteroatoms. The first-order chi connectivity index (χ1) is 8.22. The number of carbonyl (C=O) groups is 1. The lowest BCUT2D eigenvalue weighted by Crippen LogP contribution is -1.99. The van der Waals surface area contributed by atoms with Crippen molar-refractivity contribution in [2.24, 2.45) is 0 Å². The topological polar surface area (TPSA) is 17.1 Å². The molecular formula is C15H13ClO. The lowest BCUT2D eigenvalue weighted by molar-refractivity contribution is 0.0989. The maximum atomic E-state index is 11.9. The van der Waals surface area contributed by atoms with E-state index in [0.717, 1.165) is 16.7 Å². The summed E-state index contributed by atoms with van der Waals surface area (Å²) < 4.78 is 0. The SMILES string of the molecule is CCC(=O)c1ccc(Cl)cc1-c1ccccc1. The van der Waals surface area contributed by atoms with Crippen LogP contribution in [0.5, 0.6) is 0 Å². The Hall–Kier alpha value is -1.60. The van der Waals surface area contributed by atoms with Crippen LogP contribution in [0.2, 0.25) is 5.02 Å². The Morgan fingerprint density at radius 2 is 1.82 bits per heavy atom. The van der Waals surface area contributed by atoms with Crippen LogP contribution < -0.4 is 0 Å². The van der Waals surface area contributed by atoms with Crippen LogP contribution >= 0.6 is 11.6 Å². The Morgan fingerprint density at radius 3 is 2.47 bits per heavy atom. The summed E-state index contributed by atoms with van der Waals surface area (Å²) >= 11 is 6.00. The lowest BCUT2D eigenvalue weighted by Gasteiger charge is -2.08. The van der Waals surface area contributed by atoms with Crippen molar-refractivity contribution in [2.45, 2.75) is 13.3 Å². The van der Waals surface area contributed by atoms with E-state index in [1.54, 1.807) is 12.1 Å². The molecule has 0 aliphatic heterocycles. The fourth-order valence-corrected chi connectivity index (χ4v) is 1.98. The molecule has 0 spiro atoms. The minimum Gasteiger partial charge on any atom is -0.294 e. The van der Waals surface area contributed by atoms with Gasteiger partial charge in [0.1, 0.15) is 0 Å². The fourth-order valence-electron chi connectivity index (χ4n) is 1.81. The van der Waals surface area contributed by atoms with Crippen molar-refractivity contribution in [3.8, 4) is 11.1 Å². The van der Waals surface area contributed by atoms with E-state index in [0.29, 0.717) is 11.4 Å². The standard InChI is InChI=1S/C15H13ClO/c1-2-15(17)13-9-8-12(16)10-14(13)11-6-4-3-5-7-11/h3-10H,2H2,1H3. The van der Waals surface area contributed by atoms with E-state index in [1.165, 1.54) is 0 Å². The van der Waals surface area contributed by atoms with Crippen LogP contribution in [0.15, 0.2) is 48.5 Å². The Balaban J connectivity index is 2.59. The monoisotopic (exact) mass is 244 g/mol. The largest absolute Gasteiger partial charge is 0.294 e. The number of rotatable bonds is 3. The number of halogens is 1. The molecule has 2 aromatic rings. The maximum absolute atomic E-state index is 11.9. The van der Waals surface area contributed by atoms with Gasteiger partial charge in [0.25, 0.3) is 0 Å². The van der Waals surface area contributed by atoms with Crippen molar-refractivity contribution in [3.63, 3.8) is 0 Å². The van der Waals surface area contributed by atoms with Gasteiger partial charge in [-0.3, -0.25) is 4.79 Å². The van der Waals surface area contributed by atoms with Crippen molar-refractivity contribution < 1.29 is 4.79 Å². The zero-order chi connectivity index (χ0) is 12.3. The Bertz CT molecular complexity index is 532. The summed E-state index contributed by atoms with van der Waals surface area (Å²) in [5.41, 5.74) is 2.67. The molecule has 2 aromatic carbocycles. The van der Waals surface area contributed by atoms with Gasteiger partial charge in [-0.05, 0) is 29.3 Å². The second-order valence-electron chi connectivity index (χ2n) is 3.83. The molecule has 0 aliphatic carbocycles. The van der Waals surface area contributed by atoms with Gasteiger partial charge in [-0.15, -0.1) is 0 Å². The summed E-state index contributed by atoms with van der Waals surface area (Å²) in [6.07, 6.45) is 0.501. The van der Waals surface area contributed by atoms with Crippen molar-refractivity contribution in [1.29, 1.82) is 0 Å². The molecule has 17 heavy (non-hydrogen) atoms. The Kier molecular flexibility index (Phi) is 3.60. The van der Waals surface area contributed by atoms with E-state index >= 15 is 0 Å². The molecule has 0 N–H and O–H groups in total. The number of Topliss-reactive ketones (excluding diaryl/α,β-unsaturated/α-hetero) is 1. The fraction of sp³-hybridized carbons (Fsp3) is 0.133. The molecule has 1 nitrogen and oxygen atoms in total. The molecule has 2 rings (SSSR count). The zero-order valence-corrected chi connectivity index (χ0v) is 10.4. The number of carbonyl (C=O) groups excluding carboxylic acids is 1. The molecule has 0 saturated heterocycles. The van der Waals surface area contributed by atoms with Crippen molar-refractivity contribution in [3.05, 3.63) is 59.1 Å². The molecule has 0 aliphatic rings. The summed E-state index contributed by atoms with van der Waals surface area (Å²) in [4.78, 5) is 11.9. The van der Waals surface area contributed by atoms with Gasteiger partial charge in [0.2, 0.25) is 0 Å². The third-order valence-electron chi connectivity index (χ3n) is 2.69. The highest BCUT2D eigenvalue weighted by atomic mass is 35.5. The van der Waals surface area contributed by atoms with E-state index in [1.807, 2.05) is 43.3 Å². The highest BCUT2D eigenvalue weighted by Gasteiger charge is 2.11. The average molecular weight is 245 g/mol. The van der Waals surface area contributed by atoms with E-state index in [9.17, 15) is 4.79 Å². The molecule has 0 bridgehead atoms. The molecule has 0 saturated carbocycles. The van der Waals surface area contributed by atoms with Crippen LogP contribution in [0.25, 0.3) is 11.1 Å². The summed E-state index contributed by atoms with van der Waals surface area (Å²) in [5.74, 6) is 0.139. The van der Waals surface area contributed by atoms with Gasteiger partial charge in [-0.1, -0.05) is 48.9 Å². The number of hydrogen-bond acceptors (Lipinski definition) is 1. The van der Waals surface area contributed by atoms with Crippen LogP contribution in [-0.2, 0) is 0 Å². The van der Waals surface area contributed by atoms with Gasteiger partial charge in [0, 0.05) is 17.0 Å². The predicted octanol–water partition coefficient (Wildman–Crippen LogP) is 4.60. The van der Waals surface area contributed by atoms with Crippen LogP contribution in [0.3, 0.4) is 0 Å². The van der Waals surface area contributed by atoms with Gasteiger partial charge in [-0.25, -0.2) is 0 Å². The quantitative estimate of drug-likeness (QED) is 0.721. The van der Waals surface area contributed by atoms with Gasteiger partial charge >= 0.3 is 0 Å². The summed E-state index contributed by atoms with van der Waals surface area (Å²) in [6, 6.07) is 15.2. The van der Waals surface area contributed by atoms with Crippen LogP contribution in [-0.4, -0.2) is 5.78 Å². The summed E-state index contributed by atoms with van der Waals surface area (Å²) in [5, 5.41) is 0.650. The van der Waals surface area contributed by atoms with Gasteiger partial charge in [0.15, 0.2) is 5.78 Å². The first kappa shape index (κ1) is 11.9. The van der Waals surface area contributed by atoms with Crippen molar-refractivity contribution in [2.75, 3.05) is 0 Å². The van der Waals surface area contributed by atoms with Crippen LogP contribution in [0.1, 0.15) is 23.7 Å². The summed E-state index contributed by atoms with van der Waals surface area (Å²) in [6.45, 7) is 1.87. The first-order valence-electron chi connectivity index (χ1n) is 5.60. The second-order valence-corrected chi connectivity index (χ2v) is 4.27. The normalized spacial score (nSPS) is 10.2. The van der Waals surface area contributed by atoms with Crippen molar-refractivity contribution in [1.82, 2.24) is 0 Å². The maximum Gasteiger partial charge on any atom is 0.163 e. The molecule has 0 fully saturated rings. The number of hydrogen-bond donors (Lipinski definition) is 0. The van der Waals surface area contributed by atoms with E-state index in [4.69, 9.17) is 11.6 Å². The molecule has 0 heterocycles. The molecule has 0 radical (unpaired) electrons. The number of ketones is 1. The lowest BCUT2D eigenvalue weighted by atomic mass is 9.96. The summed E-state index contributed by atoms with van der Waals surface area (Å²) in [7, 11) is 0. The molecule has 86 valence electrons. The van der Waals surface area contributed by atoms with Crippen molar-refractivity contribution >= 4 is 17.4 Å². The van der Waals surface area contributed by atoms with E-state index in [2.05, 4.69) is 0 Å². The minimum atomic E-state index is 0.139. The third kappa shape index (κ3) is 2.56. The zero-order valence-electron chi connectivity index (χ0n) is 9.61. The minimum absolute atomic E-state index is 0.139. The third-order valence-corrected chi connectivity index (χ3v) is 2.92. The second kappa shape index (κ2) is 5.15. The van der Waals surface area contributed by atoms with Gasteiger partial charge in [0.05, 0.1) is 0 Å². The molecule has 0 unspecified atom stereocenters. The highest BCUT2D eigenvalue weighted by Crippen LogP contribution is 2.27. The van der Waals surface area contributed by atoms with Gasteiger partial charge < -0.3 is 0 Å². The predicted molar refractivity (Wildman–Crippen MR) is 71.5 cm³/mol. The average Bonchev–Trinajstić information content (AvgIpc) is 2.39. The highest BCUT2D eigenvalue weighted by molar-refractivity contribution is 6.31. The molecular weight excluding hydrogens is 232 g/mol. The number of benzene rings is 2. The van der Waals surface area contributed by atoms with E-state index in [-0.39, 0.29) is 5.78 Å². The molecule has 0 amide bonds. The first-order valence-corrected chi connectivity index (χ1v) is 5.98.